The summed E-state index contributed by atoms with van der Waals surface area (Å²) in [6.45, 7) is 0.742. The molecule has 1 fully saturated rings. The van der Waals surface area contributed by atoms with Gasteiger partial charge in [0.05, 0.1) is 5.56 Å². The van der Waals surface area contributed by atoms with E-state index in [9.17, 15) is 9.59 Å². The van der Waals surface area contributed by atoms with E-state index in [0.717, 1.165) is 6.54 Å². The van der Waals surface area contributed by atoms with Crippen molar-refractivity contribution in [3.05, 3.63) is 28.2 Å². The van der Waals surface area contributed by atoms with E-state index in [1.54, 1.807) is 18.0 Å². The van der Waals surface area contributed by atoms with Crippen LogP contribution in [-0.2, 0) is 0 Å². The number of urea groups is 1. The Kier molecular flexibility index (Phi) is 4.65. The lowest BCUT2D eigenvalue weighted by Gasteiger charge is -2.30. The van der Waals surface area contributed by atoms with Crippen molar-refractivity contribution in [1.82, 2.24) is 4.90 Å². The van der Waals surface area contributed by atoms with Crippen molar-refractivity contribution in [3.8, 4) is 0 Å². The van der Waals surface area contributed by atoms with Gasteiger partial charge in [0.25, 0.3) is 0 Å². The zero-order valence-corrected chi connectivity index (χ0v) is 12.8. The maximum Gasteiger partial charge on any atom is 0.335 e. The SMILES string of the molecule is CN(CC1CCC1)C(=O)Nc1cc(Br)cc(C(=O)O)c1. The fourth-order valence-corrected chi connectivity index (χ4v) is 2.64. The second kappa shape index (κ2) is 6.26. The average Bonchev–Trinajstić information content (AvgIpc) is 2.32. The molecule has 0 radical (unpaired) electrons. The van der Waals surface area contributed by atoms with Crippen LogP contribution in [0.25, 0.3) is 0 Å². The van der Waals surface area contributed by atoms with Crippen LogP contribution in [-0.4, -0.2) is 35.6 Å². The topological polar surface area (TPSA) is 69.6 Å². The summed E-state index contributed by atoms with van der Waals surface area (Å²) >= 11 is 3.24. The Balaban J connectivity index is 2.01. The highest BCUT2D eigenvalue weighted by Crippen LogP contribution is 2.27. The number of hydrogen-bond acceptors (Lipinski definition) is 2. The highest BCUT2D eigenvalue weighted by atomic mass is 79.9. The molecule has 1 saturated carbocycles. The van der Waals surface area contributed by atoms with Crippen LogP contribution in [0.4, 0.5) is 10.5 Å². The third-order valence-electron chi connectivity index (χ3n) is 3.50. The summed E-state index contributed by atoms with van der Waals surface area (Å²) in [5.74, 6) is -0.424. The molecule has 0 spiro atoms. The number of benzene rings is 1. The van der Waals surface area contributed by atoms with Crippen LogP contribution >= 0.6 is 15.9 Å². The second-order valence-corrected chi connectivity index (χ2v) is 6.06. The van der Waals surface area contributed by atoms with E-state index in [-0.39, 0.29) is 11.6 Å². The Hall–Kier alpha value is -1.56. The molecule has 0 atom stereocenters. The number of carbonyl (C=O) groups excluding carboxylic acids is 1. The Morgan fingerprint density at radius 3 is 2.65 bits per heavy atom. The third-order valence-corrected chi connectivity index (χ3v) is 3.96. The Labute approximate surface area is 126 Å². The Morgan fingerprint density at radius 2 is 2.10 bits per heavy atom. The molecule has 0 bridgehead atoms. The summed E-state index contributed by atoms with van der Waals surface area (Å²) in [7, 11) is 1.75. The molecule has 1 aliphatic carbocycles. The summed E-state index contributed by atoms with van der Waals surface area (Å²) in [4.78, 5) is 24.6. The van der Waals surface area contributed by atoms with Gasteiger partial charge in [0, 0.05) is 23.8 Å². The molecule has 5 nitrogen and oxygen atoms in total. The van der Waals surface area contributed by atoms with Gasteiger partial charge >= 0.3 is 12.0 Å². The molecule has 0 unspecified atom stereocenters. The zero-order chi connectivity index (χ0) is 14.7. The number of nitrogens with one attached hydrogen (secondary N) is 1. The van der Waals surface area contributed by atoms with Gasteiger partial charge in [-0.1, -0.05) is 22.4 Å². The number of aromatic carboxylic acids is 1. The first-order valence-electron chi connectivity index (χ1n) is 6.51. The minimum Gasteiger partial charge on any atom is -0.478 e. The van der Waals surface area contributed by atoms with Crippen molar-refractivity contribution >= 4 is 33.6 Å². The summed E-state index contributed by atoms with van der Waals surface area (Å²) in [6.07, 6.45) is 3.60. The number of carboxylic acid groups (broad SMARTS) is 1. The standard InChI is InChI=1S/C14H17BrN2O3/c1-17(8-9-3-2-4-9)14(20)16-12-6-10(13(18)19)5-11(15)7-12/h5-7,9H,2-4,8H2,1H3,(H,16,20)(H,18,19). The molecule has 2 rings (SSSR count). The quantitative estimate of drug-likeness (QED) is 0.882. The Bertz CT molecular complexity index is 529. The summed E-state index contributed by atoms with van der Waals surface area (Å²) in [5, 5.41) is 11.7. The van der Waals surface area contributed by atoms with Gasteiger partial charge in [-0.25, -0.2) is 9.59 Å². The van der Waals surface area contributed by atoms with Gasteiger partial charge in [-0.3, -0.25) is 0 Å². The van der Waals surface area contributed by atoms with Gasteiger partial charge < -0.3 is 15.3 Å². The Morgan fingerprint density at radius 1 is 1.40 bits per heavy atom. The number of halogens is 1. The fraction of sp³-hybridized carbons (Fsp3) is 0.429. The second-order valence-electron chi connectivity index (χ2n) is 5.14. The first kappa shape index (κ1) is 14.8. The van der Waals surface area contributed by atoms with Gasteiger partial charge in [-0.05, 0) is 37.0 Å². The molecule has 0 aromatic heterocycles. The molecule has 0 saturated heterocycles. The van der Waals surface area contributed by atoms with Crippen LogP contribution < -0.4 is 5.32 Å². The molecular weight excluding hydrogens is 324 g/mol. The molecule has 1 aliphatic rings. The number of carbonyl (C=O) groups is 2. The van der Waals surface area contributed by atoms with E-state index in [1.807, 2.05) is 0 Å². The van der Waals surface area contributed by atoms with E-state index < -0.39 is 5.97 Å². The summed E-state index contributed by atoms with van der Waals surface area (Å²) in [6, 6.07) is 4.41. The van der Waals surface area contributed by atoms with E-state index in [1.165, 1.54) is 31.4 Å². The highest BCUT2D eigenvalue weighted by molar-refractivity contribution is 9.10. The lowest BCUT2D eigenvalue weighted by molar-refractivity contribution is 0.0697. The maximum atomic E-state index is 12.0. The lowest BCUT2D eigenvalue weighted by Crippen LogP contribution is -2.37. The number of rotatable bonds is 4. The first-order valence-corrected chi connectivity index (χ1v) is 7.31. The van der Waals surface area contributed by atoms with Crippen LogP contribution in [0.1, 0.15) is 29.6 Å². The van der Waals surface area contributed by atoms with E-state index in [0.29, 0.717) is 16.1 Å². The van der Waals surface area contributed by atoms with E-state index in [4.69, 9.17) is 5.11 Å². The van der Waals surface area contributed by atoms with E-state index >= 15 is 0 Å². The van der Waals surface area contributed by atoms with Crippen molar-refractivity contribution in [2.24, 2.45) is 5.92 Å². The lowest BCUT2D eigenvalue weighted by atomic mass is 9.85. The van der Waals surface area contributed by atoms with Crippen molar-refractivity contribution in [2.45, 2.75) is 19.3 Å². The third kappa shape index (κ3) is 3.72. The van der Waals surface area contributed by atoms with Crippen molar-refractivity contribution in [1.29, 1.82) is 0 Å². The number of carboxylic acids is 1. The predicted molar refractivity (Wildman–Crippen MR) is 80.1 cm³/mol. The minimum atomic E-state index is -1.02. The van der Waals surface area contributed by atoms with Gasteiger partial charge in [0.1, 0.15) is 0 Å². The monoisotopic (exact) mass is 340 g/mol. The zero-order valence-electron chi connectivity index (χ0n) is 11.2. The highest BCUT2D eigenvalue weighted by Gasteiger charge is 2.21. The predicted octanol–water partition coefficient (Wildman–Crippen LogP) is 3.41. The molecule has 0 heterocycles. The van der Waals surface area contributed by atoms with Gasteiger partial charge in [-0.15, -0.1) is 0 Å². The largest absolute Gasteiger partial charge is 0.478 e. The maximum absolute atomic E-state index is 12.0. The molecule has 6 heteroatoms. The fourth-order valence-electron chi connectivity index (χ4n) is 2.15. The minimum absolute atomic E-state index is 0.135. The van der Waals surface area contributed by atoms with Crippen molar-refractivity contribution in [2.75, 3.05) is 18.9 Å². The molecule has 20 heavy (non-hydrogen) atoms. The number of nitrogens with zero attached hydrogens (tertiary/aromatic N) is 1. The van der Waals surface area contributed by atoms with Crippen LogP contribution in [0.2, 0.25) is 0 Å². The van der Waals surface area contributed by atoms with Crippen LogP contribution in [0.15, 0.2) is 22.7 Å². The van der Waals surface area contributed by atoms with Gasteiger partial charge in [0.15, 0.2) is 0 Å². The van der Waals surface area contributed by atoms with Gasteiger partial charge in [0.2, 0.25) is 0 Å². The molecule has 0 aliphatic heterocycles. The number of amides is 2. The van der Waals surface area contributed by atoms with Crippen LogP contribution in [0, 0.1) is 5.92 Å². The number of anilines is 1. The van der Waals surface area contributed by atoms with E-state index in [2.05, 4.69) is 21.2 Å². The van der Waals surface area contributed by atoms with Crippen molar-refractivity contribution in [3.63, 3.8) is 0 Å². The molecular formula is C14H17BrN2O3. The van der Waals surface area contributed by atoms with Crippen LogP contribution in [0.3, 0.4) is 0 Å². The normalized spacial score (nSPS) is 14.5. The molecule has 108 valence electrons. The number of hydrogen-bond donors (Lipinski definition) is 2. The molecule has 1 aromatic rings. The smallest absolute Gasteiger partial charge is 0.335 e. The van der Waals surface area contributed by atoms with Gasteiger partial charge in [-0.2, -0.15) is 0 Å². The molecule has 2 amide bonds. The summed E-state index contributed by atoms with van der Waals surface area (Å²) < 4.78 is 0.620. The molecule has 2 N–H and O–H groups in total. The average molecular weight is 341 g/mol. The first-order chi connectivity index (χ1) is 9.45. The molecule has 1 aromatic carbocycles. The summed E-state index contributed by atoms with van der Waals surface area (Å²) in [5.41, 5.74) is 0.610. The van der Waals surface area contributed by atoms with Crippen LogP contribution in [0.5, 0.6) is 0 Å². The van der Waals surface area contributed by atoms with Crippen molar-refractivity contribution < 1.29 is 14.7 Å².